The third-order valence-corrected chi connectivity index (χ3v) is 3.88. The van der Waals surface area contributed by atoms with E-state index in [9.17, 15) is 4.79 Å². The molecule has 0 bridgehead atoms. The fraction of sp³-hybridized carbons (Fsp3) is 0.429. The molecule has 108 valence electrons. The monoisotopic (exact) mass is 282 g/mol. The second kappa shape index (κ2) is 6.10. The predicted octanol–water partition coefficient (Wildman–Crippen LogP) is -1.86. The third-order valence-electron chi connectivity index (χ3n) is 3.88. The van der Waals surface area contributed by atoms with Gasteiger partial charge in [0.15, 0.2) is 5.82 Å². The van der Waals surface area contributed by atoms with Crippen molar-refractivity contribution in [2.75, 3.05) is 38.1 Å². The number of fused-ring (bicyclic) bond motifs is 1. The minimum atomic E-state index is -0.908. The zero-order valence-electron chi connectivity index (χ0n) is 13.7. The number of nitrogens with zero attached hydrogens (tertiary/aromatic N) is 4. The number of carbonyl (C=O) groups is 1. The van der Waals surface area contributed by atoms with E-state index >= 15 is 0 Å². The zero-order valence-corrected chi connectivity index (χ0v) is 12.7. The number of aromatic carboxylic acids is 1. The Bertz CT molecular complexity index is 668. The number of carboxylic acid groups (broad SMARTS) is 1. The van der Waals surface area contributed by atoms with Crippen LogP contribution in [0.3, 0.4) is 0 Å². The molecule has 0 aliphatic carbocycles. The van der Waals surface area contributed by atoms with Gasteiger partial charge in [0.05, 0.1) is 11.1 Å². The van der Waals surface area contributed by atoms with E-state index < -0.39 is 5.97 Å². The molecule has 1 N–H and O–H groups in total. The topological polar surface area (TPSA) is 61.6 Å². The number of hydrogen-bond donors (Lipinski definition) is 1. The van der Waals surface area contributed by atoms with E-state index in [4.69, 9.17) is 5.11 Å². The summed E-state index contributed by atoms with van der Waals surface area (Å²) in [7, 11) is 3.97. The largest absolute Gasteiger partial charge is 1.00 e. The summed E-state index contributed by atoms with van der Waals surface area (Å²) in [4.78, 5) is 15.6. The smallest absolute Gasteiger partial charge is 1.00 e. The van der Waals surface area contributed by atoms with E-state index in [0.29, 0.717) is 5.56 Å². The molecule has 2 heterocycles. The van der Waals surface area contributed by atoms with Gasteiger partial charge in [-0.05, 0) is 25.2 Å². The number of carboxylic acids is 1. The molecule has 3 rings (SSSR count). The summed E-state index contributed by atoms with van der Waals surface area (Å²) in [6.45, 7) is 3.93. The number of likely N-dealkylation sites (N-methyl/N-ethyl adjacent to an activating group) is 1. The molecule has 7 heteroatoms. The number of aromatic nitrogens is 2. The van der Waals surface area contributed by atoms with Crippen LogP contribution in [-0.2, 0) is 7.05 Å². The molecule has 1 saturated heterocycles. The number of anilines is 1. The van der Waals surface area contributed by atoms with Crippen molar-refractivity contribution in [3.63, 3.8) is 0 Å². The maximum absolute atomic E-state index is 11.1. The van der Waals surface area contributed by atoms with Crippen LogP contribution < -0.4 is 23.8 Å². The molecule has 1 aliphatic heterocycles. The van der Waals surface area contributed by atoms with Gasteiger partial charge in [0.1, 0.15) is 0 Å². The summed E-state index contributed by atoms with van der Waals surface area (Å²) in [6, 6.07) is 5.19. The molecule has 1 fully saturated rings. The quantitative estimate of drug-likeness (QED) is 0.655. The molecule has 1 aromatic heterocycles. The fourth-order valence-electron chi connectivity index (χ4n) is 2.62. The molecule has 0 atom stereocenters. The predicted molar refractivity (Wildman–Crippen MR) is 78.5 cm³/mol. The summed E-state index contributed by atoms with van der Waals surface area (Å²) in [6.07, 6.45) is 0. The summed E-state index contributed by atoms with van der Waals surface area (Å²) < 4.78 is 1.76. The summed E-state index contributed by atoms with van der Waals surface area (Å²) >= 11 is 0. The Morgan fingerprint density at radius 1 is 1.24 bits per heavy atom. The van der Waals surface area contributed by atoms with Gasteiger partial charge in [0, 0.05) is 38.6 Å². The van der Waals surface area contributed by atoms with Crippen LogP contribution in [0.25, 0.3) is 10.9 Å². The van der Waals surface area contributed by atoms with Gasteiger partial charge in [-0.1, -0.05) is 0 Å². The molecule has 0 unspecified atom stereocenters. The van der Waals surface area contributed by atoms with Crippen molar-refractivity contribution in [2.24, 2.45) is 7.05 Å². The maximum atomic E-state index is 11.1. The van der Waals surface area contributed by atoms with Crippen molar-refractivity contribution in [3.8, 4) is 0 Å². The van der Waals surface area contributed by atoms with Crippen LogP contribution in [0.2, 0.25) is 0 Å². The van der Waals surface area contributed by atoms with Gasteiger partial charge < -0.3 is 16.3 Å². The van der Waals surface area contributed by atoms with Gasteiger partial charge in [-0.25, -0.2) is 4.79 Å². The number of aryl methyl sites for hydroxylation is 1. The standard InChI is InChI=1S/C14H18N4O2.Li.H/c1-16-5-7-18(8-6-16)13-11-4-3-10(14(19)20)9-12(11)17(2)15-13;;/h3-4,9H,5-8H2,1-2H3,(H,19,20);;/q;+1;-1. The number of piperazine rings is 1. The molecule has 0 spiro atoms. The van der Waals surface area contributed by atoms with Crippen molar-refractivity contribution in [2.45, 2.75) is 0 Å². The second-order valence-corrected chi connectivity index (χ2v) is 5.27. The molecule has 0 radical (unpaired) electrons. The van der Waals surface area contributed by atoms with Gasteiger partial charge in [0.25, 0.3) is 0 Å². The van der Waals surface area contributed by atoms with Crippen LogP contribution in [-0.4, -0.2) is 59.0 Å². The van der Waals surface area contributed by atoms with Crippen LogP contribution >= 0.6 is 0 Å². The summed E-state index contributed by atoms with van der Waals surface area (Å²) in [5.41, 5.74) is 1.16. The molecule has 2 aromatic rings. The number of rotatable bonds is 2. The first-order valence-corrected chi connectivity index (χ1v) is 6.70. The maximum Gasteiger partial charge on any atom is 1.00 e. The Balaban J connectivity index is 0.00000121. The van der Waals surface area contributed by atoms with Crippen LogP contribution in [0.15, 0.2) is 18.2 Å². The van der Waals surface area contributed by atoms with Gasteiger partial charge in [-0.3, -0.25) is 4.68 Å². The van der Waals surface area contributed by atoms with Gasteiger partial charge in [0.2, 0.25) is 0 Å². The van der Waals surface area contributed by atoms with Gasteiger partial charge in [-0.2, -0.15) is 5.10 Å². The molecule has 21 heavy (non-hydrogen) atoms. The Hall–Kier alpha value is -1.48. The van der Waals surface area contributed by atoms with Crippen molar-refractivity contribution in [1.29, 1.82) is 0 Å². The second-order valence-electron chi connectivity index (χ2n) is 5.27. The van der Waals surface area contributed by atoms with E-state index in [1.807, 2.05) is 13.1 Å². The van der Waals surface area contributed by atoms with Crippen molar-refractivity contribution in [3.05, 3.63) is 23.8 Å². The first-order valence-electron chi connectivity index (χ1n) is 6.70. The molecule has 6 nitrogen and oxygen atoms in total. The zero-order chi connectivity index (χ0) is 14.3. The van der Waals surface area contributed by atoms with Crippen LogP contribution in [0.4, 0.5) is 5.82 Å². The molecular formula is C14H19LiN4O2. The molecule has 0 saturated carbocycles. The van der Waals surface area contributed by atoms with E-state index in [2.05, 4.69) is 21.9 Å². The average Bonchev–Trinajstić information content (AvgIpc) is 2.76. The third kappa shape index (κ3) is 2.93. The van der Waals surface area contributed by atoms with Gasteiger partial charge >= 0.3 is 24.8 Å². The molecule has 1 aliphatic rings. The van der Waals surface area contributed by atoms with E-state index in [1.165, 1.54) is 0 Å². The van der Waals surface area contributed by atoms with Gasteiger partial charge in [-0.15, -0.1) is 0 Å². The normalized spacial score (nSPS) is 16.0. The first-order chi connectivity index (χ1) is 9.56. The Kier molecular flexibility index (Phi) is 4.62. The minimum Gasteiger partial charge on any atom is -1.00 e. The Labute approximate surface area is 137 Å². The fourth-order valence-corrected chi connectivity index (χ4v) is 2.62. The van der Waals surface area contributed by atoms with Crippen molar-refractivity contribution in [1.82, 2.24) is 14.7 Å². The molecular weight excluding hydrogens is 263 g/mol. The molecule has 0 amide bonds. The van der Waals surface area contributed by atoms with Crippen LogP contribution in [0.5, 0.6) is 0 Å². The van der Waals surface area contributed by atoms with Crippen LogP contribution in [0, 0.1) is 0 Å². The first kappa shape index (κ1) is 15.9. The molecule has 1 aromatic carbocycles. The number of hydrogen-bond acceptors (Lipinski definition) is 4. The Morgan fingerprint density at radius 2 is 1.90 bits per heavy atom. The van der Waals surface area contributed by atoms with E-state index in [1.54, 1.807) is 16.8 Å². The van der Waals surface area contributed by atoms with E-state index in [0.717, 1.165) is 42.9 Å². The van der Waals surface area contributed by atoms with Crippen molar-refractivity contribution >= 4 is 22.7 Å². The number of benzene rings is 1. The summed E-state index contributed by atoms with van der Waals surface area (Å²) in [5.74, 6) is 0.0433. The average molecular weight is 282 g/mol. The van der Waals surface area contributed by atoms with E-state index in [-0.39, 0.29) is 20.3 Å². The SMILES string of the molecule is CN1CCN(c2nn(C)c3cc(C(=O)O)ccc23)CC1.[H-].[Li+]. The Morgan fingerprint density at radius 3 is 2.52 bits per heavy atom. The summed E-state index contributed by atoms with van der Waals surface area (Å²) in [5, 5.41) is 14.7. The van der Waals surface area contributed by atoms with Crippen LogP contribution in [0.1, 0.15) is 11.8 Å². The van der Waals surface area contributed by atoms with Crippen molar-refractivity contribution < 1.29 is 30.2 Å². The minimum absolute atomic E-state index is 0.